The van der Waals surface area contributed by atoms with Crippen molar-refractivity contribution in [2.24, 2.45) is 5.73 Å². The van der Waals surface area contributed by atoms with Gasteiger partial charge in [-0.25, -0.2) is 4.98 Å². The van der Waals surface area contributed by atoms with Crippen molar-refractivity contribution in [2.75, 3.05) is 6.54 Å². The van der Waals surface area contributed by atoms with Crippen LogP contribution in [-0.2, 0) is 24.1 Å². The van der Waals surface area contributed by atoms with E-state index in [1.165, 1.54) is 34.8 Å². The highest BCUT2D eigenvalue weighted by molar-refractivity contribution is 7.11. The first kappa shape index (κ1) is 14.5. The van der Waals surface area contributed by atoms with Gasteiger partial charge in [-0.1, -0.05) is 0 Å². The van der Waals surface area contributed by atoms with Gasteiger partial charge < -0.3 is 11.1 Å². The lowest BCUT2D eigenvalue weighted by Crippen LogP contribution is -2.49. The first-order valence-electron chi connectivity index (χ1n) is 7.01. The summed E-state index contributed by atoms with van der Waals surface area (Å²) in [4.78, 5) is 17.8. The van der Waals surface area contributed by atoms with Crippen LogP contribution in [0.5, 0.6) is 0 Å². The summed E-state index contributed by atoms with van der Waals surface area (Å²) in [5.41, 5.74) is 6.24. The van der Waals surface area contributed by atoms with Crippen molar-refractivity contribution in [1.29, 1.82) is 0 Å². The molecule has 1 aliphatic carbocycles. The van der Waals surface area contributed by atoms with Crippen molar-refractivity contribution in [3.05, 3.63) is 15.6 Å². The summed E-state index contributed by atoms with van der Waals surface area (Å²) < 4.78 is 0. The Kier molecular flexibility index (Phi) is 4.58. The number of nitrogens with two attached hydrogens (primary N) is 1. The molecule has 0 spiro atoms. The standard InChI is InChI=1S/C14H23N3OS/c1-14(2,15)13(18)16-9-5-8-12-17-10-6-3-4-7-11(10)19-12/h3-9,15H2,1-2H3,(H,16,18). The summed E-state index contributed by atoms with van der Waals surface area (Å²) in [6, 6.07) is 0. The molecule has 1 heterocycles. The average molecular weight is 281 g/mol. The van der Waals surface area contributed by atoms with Crippen LogP contribution in [0.15, 0.2) is 0 Å². The number of hydrogen-bond acceptors (Lipinski definition) is 4. The Morgan fingerprint density at radius 1 is 1.42 bits per heavy atom. The number of nitrogens with one attached hydrogen (secondary N) is 1. The molecule has 0 unspecified atom stereocenters. The second-order valence-corrected chi connectivity index (χ2v) is 6.93. The minimum Gasteiger partial charge on any atom is -0.355 e. The number of nitrogens with zero attached hydrogens (tertiary/aromatic N) is 1. The molecule has 1 aromatic rings. The lowest BCUT2D eigenvalue weighted by Gasteiger charge is -2.17. The largest absolute Gasteiger partial charge is 0.355 e. The van der Waals surface area contributed by atoms with E-state index in [1.54, 1.807) is 13.8 Å². The highest BCUT2D eigenvalue weighted by atomic mass is 32.1. The van der Waals surface area contributed by atoms with Crippen molar-refractivity contribution in [3.63, 3.8) is 0 Å². The van der Waals surface area contributed by atoms with Crippen molar-refractivity contribution >= 4 is 17.2 Å². The highest BCUT2D eigenvalue weighted by Gasteiger charge is 2.21. The van der Waals surface area contributed by atoms with Gasteiger partial charge in [-0.05, 0) is 46.0 Å². The fourth-order valence-corrected chi connectivity index (χ4v) is 3.38. The fraction of sp³-hybridized carbons (Fsp3) is 0.714. The van der Waals surface area contributed by atoms with Crippen LogP contribution >= 0.6 is 11.3 Å². The highest BCUT2D eigenvalue weighted by Crippen LogP contribution is 2.27. The Morgan fingerprint density at radius 3 is 2.84 bits per heavy atom. The van der Waals surface area contributed by atoms with Gasteiger partial charge in [0.15, 0.2) is 0 Å². The number of carbonyl (C=O) groups is 1. The van der Waals surface area contributed by atoms with E-state index in [9.17, 15) is 4.79 Å². The molecule has 0 bridgehead atoms. The molecule has 4 nitrogen and oxygen atoms in total. The Bertz CT molecular complexity index is 425. The zero-order valence-electron chi connectivity index (χ0n) is 11.8. The molecule has 5 heteroatoms. The third-order valence-corrected chi connectivity index (χ3v) is 4.55. The number of amides is 1. The number of hydrogen-bond donors (Lipinski definition) is 2. The van der Waals surface area contributed by atoms with Crippen LogP contribution in [0.25, 0.3) is 0 Å². The lowest BCUT2D eigenvalue weighted by atomic mass is 10.0. The smallest absolute Gasteiger partial charge is 0.239 e. The molecule has 1 aromatic heterocycles. The van der Waals surface area contributed by atoms with E-state index in [0.29, 0.717) is 6.54 Å². The minimum absolute atomic E-state index is 0.0917. The Morgan fingerprint density at radius 2 is 2.16 bits per heavy atom. The molecular weight excluding hydrogens is 258 g/mol. The second kappa shape index (κ2) is 6.01. The zero-order valence-corrected chi connectivity index (χ0v) is 12.6. The number of fused-ring (bicyclic) bond motifs is 1. The normalized spacial score (nSPS) is 15.1. The van der Waals surface area contributed by atoms with Crippen LogP contribution in [0, 0.1) is 0 Å². The van der Waals surface area contributed by atoms with E-state index in [4.69, 9.17) is 10.7 Å². The maximum atomic E-state index is 11.6. The third kappa shape index (κ3) is 4.01. The molecule has 106 valence electrons. The Hall–Kier alpha value is -0.940. The topological polar surface area (TPSA) is 68.0 Å². The van der Waals surface area contributed by atoms with Crippen LogP contribution in [-0.4, -0.2) is 23.0 Å². The average Bonchev–Trinajstić information content (AvgIpc) is 2.75. The van der Waals surface area contributed by atoms with E-state index >= 15 is 0 Å². The molecule has 0 saturated heterocycles. The molecule has 1 amide bonds. The molecule has 0 fully saturated rings. The molecular formula is C14H23N3OS. The predicted molar refractivity (Wildman–Crippen MR) is 78.4 cm³/mol. The van der Waals surface area contributed by atoms with E-state index in [-0.39, 0.29) is 5.91 Å². The predicted octanol–water partition coefficient (Wildman–Crippen LogP) is 1.81. The van der Waals surface area contributed by atoms with Gasteiger partial charge in [0.2, 0.25) is 5.91 Å². The van der Waals surface area contributed by atoms with Crippen molar-refractivity contribution in [1.82, 2.24) is 10.3 Å². The molecule has 19 heavy (non-hydrogen) atoms. The van der Waals surface area contributed by atoms with Crippen LogP contribution < -0.4 is 11.1 Å². The lowest BCUT2D eigenvalue weighted by molar-refractivity contribution is -0.125. The van der Waals surface area contributed by atoms with E-state index < -0.39 is 5.54 Å². The molecule has 0 radical (unpaired) electrons. The van der Waals surface area contributed by atoms with E-state index in [0.717, 1.165) is 19.3 Å². The number of rotatable bonds is 5. The monoisotopic (exact) mass is 281 g/mol. The van der Waals surface area contributed by atoms with Gasteiger partial charge in [-0.3, -0.25) is 4.79 Å². The first-order chi connectivity index (χ1) is 8.97. The maximum Gasteiger partial charge on any atom is 0.239 e. The van der Waals surface area contributed by atoms with Crippen LogP contribution in [0.2, 0.25) is 0 Å². The van der Waals surface area contributed by atoms with Gasteiger partial charge in [-0.2, -0.15) is 0 Å². The summed E-state index contributed by atoms with van der Waals surface area (Å²) in [6.45, 7) is 4.11. The van der Waals surface area contributed by atoms with Gasteiger partial charge in [-0.15, -0.1) is 11.3 Å². The molecule has 0 saturated carbocycles. The number of aromatic nitrogens is 1. The van der Waals surface area contributed by atoms with Gasteiger partial charge in [0.05, 0.1) is 16.2 Å². The summed E-state index contributed by atoms with van der Waals surface area (Å²) in [5.74, 6) is -0.0917. The van der Waals surface area contributed by atoms with Gasteiger partial charge in [0, 0.05) is 17.8 Å². The minimum atomic E-state index is -0.791. The van der Waals surface area contributed by atoms with Gasteiger partial charge in [0.25, 0.3) is 0 Å². The van der Waals surface area contributed by atoms with E-state index in [1.807, 2.05) is 11.3 Å². The second-order valence-electron chi connectivity index (χ2n) is 5.77. The first-order valence-corrected chi connectivity index (χ1v) is 7.83. The number of aryl methyl sites for hydroxylation is 3. The summed E-state index contributed by atoms with van der Waals surface area (Å²) >= 11 is 1.85. The Labute approximate surface area is 118 Å². The fourth-order valence-electron chi connectivity index (χ4n) is 2.18. The molecule has 2 rings (SSSR count). The zero-order chi connectivity index (χ0) is 13.9. The molecule has 1 aliphatic rings. The van der Waals surface area contributed by atoms with Crippen molar-refractivity contribution in [3.8, 4) is 0 Å². The number of carbonyl (C=O) groups excluding carboxylic acids is 1. The number of thiazole rings is 1. The van der Waals surface area contributed by atoms with Crippen LogP contribution in [0.3, 0.4) is 0 Å². The van der Waals surface area contributed by atoms with E-state index in [2.05, 4.69) is 5.32 Å². The Balaban J connectivity index is 1.74. The van der Waals surface area contributed by atoms with Crippen molar-refractivity contribution < 1.29 is 4.79 Å². The molecule has 0 atom stereocenters. The maximum absolute atomic E-state index is 11.6. The summed E-state index contributed by atoms with van der Waals surface area (Å²) in [5, 5.41) is 4.08. The quantitative estimate of drug-likeness (QED) is 0.809. The van der Waals surface area contributed by atoms with Crippen LogP contribution in [0.1, 0.15) is 48.7 Å². The molecule has 3 N–H and O–H groups in total. The van der Waals surface area contributed by atoms with Crippen LogP contribution in [0.4, 0.5) is 0 Å². The van der Waals surface area contributed by atoms with Crippen molar-refractivity contribution in [2.45, 2.75) is 57.9 Å². The summed E-state index contributed by atoms with van der Waals surface area (Å²) in [6.07, 6.45) is 6.79. The molecule has 0 aromatic carbocycles. The van der Waals surface area contributed by atoms with Gasteiger partial charge in [0.1, 0.15) is 0 Å². The molecule has 0 aliphatic heterocycles. The SMILES string of the molecule is CC(C)(N)C(=O)NCCCc1nc2c(s1)CCCC2. The summed E-state index contributed by atoms with van der Waals surface area (Å²) in [7, 11) is 0. The third-order valence-electron chi connectivity index (χ3n) is 3.33. The van der Waals surface area contributed by atoms with Gasteiger partial charge >= 0.3 is 0 Å².